The fourth-order valence-corrected chi connectivity index (χ4v) is 4.33. The van der Waals surface area contributed by atoms with Gasteiger partial charge in [0.25, 0.3) is 0 Å². The molecule has 1 atom stereocenters. The zero-order chi connectivity index (χ0) is 16.0. The molecule has 1 saturated carbocycles. The molecule has 1 aliphatic heterocycles. The Hall–Kier alpha value is -1.29. The lowest BCUT2D eigenvalue weighted by atomic mass is 9.55. The van der Waals surface area contributed by atoms with E-state index in [0.29, 0.717) is 21.4 Å². The Balaban J connectivity index is 1.35. The van der Waals surface area contributed by atoms with Crippen molar-refractivity contribution in [3.63, 3.8) is 0 Å². The standard InChI is InChI=1S/C18H19Cl2N3/c19-15-4-3-14(6-16(15)20)23-10-18(11-23)7-13(8-18)17(21)12-2-1-5-22-9-12/h1-6,9,13,17H,7-8,10-11,21H2/t17-/m0/s1. The molecule has 23 heavy (non-hydrogen) atoms. The van der Waals surface area contributed by atoms with Crippen LogP contribution < -0.4 is 10.6 Å². The molecule has 2 aliphatic rings. The van der Waals surface area contributed by atoms with Crippen LogP contribution in [0.25, 0.3) is 0 Å². The van der Waals surface area contributed by atoms with Crippen LogP contribution in [-0.2, 0) is 0 Å². The predicted octanol–water partition coefficient (Wildman–Crippen LogP) is 4.30. The largest absolute Gasteiger partial charge is 0.370 e. The molecule has 0 unspecified atom stereocenters. The topological polar surface area (TPSA) is 42.1 Å². The van der Waals surface area contributed by atoms with Gasteiger partial charge in [-0.3, -0.25) is 4.98 Å². The van der Waals surface area contributed by atoms with Crippen LogP contribution >= 0.6 is 23.2 Å². The smallest absolute Gasteiger partial charge is 0.0612 e. The summed E-state index contributed by atoms with van der Waals surface area (Å²) in [7, 11) is 0. The van der Waals surface area contributed by atoms with Crippen molar-refractivity contribution < 1.29 is 0 Å². The molecule has 2 fully saturated rings. The molecule has 2 heterocycles. The lowest BCUT2D eigenvalue weighted by Gasteiger charge is -2.61. The number of halogens is 2. The van der Waals surface area contributed by atoms with Gasteiger partial charge in [0.1, 0.15) is 0 Å². The maximum absolute atomic E-state index is 6.40. The van der Waals surface area contributed by atoms with Gasteiger partial charge in [-0.2, -0.15) is 0 Å². The van der Waals surface area contributed by atoms with E-state index in [1.165, 1.54) is 12.8 Å². The van der Waals surface area contributed by atoms with E-state index in [2.05, 4.69) is 16.0 Å². The third kappa shape index (κ3) is 2.71. The lowest BCUT2D eigenvalue weighted by molar-refractivity contribution is 0.00959. The third-order valence-corrected chi connectivity index (χ3v) is 6.03. The maximum Gasteiger partial charge on any atom is 0.0612 e. The van der Waals surface area contributed by atoms with Crippen LogP contribution in [0.5, 0.6) is 0 Å². The average Bonchev–Trinajstić information content (AvgIpc) is 2.48. The number of benzene rings is 1. The van der Waals surface area contributed by atoms with Crippen LogP contribution in [0.15, 0.2) is 42.7 Å². The Morgan fingerprint density at radius 2 is 1.96 bits per heavy atom. The summed E-state index contributed by atoms with van der Waals surface area (Å²) in [5.74, 6) is 0.565. The molecule has 3 nitrogen and oxygen atoms in total. The van der Waals surface area contributed by atoms with Crippen LogP contribution in [0.1, 0.15) is 24.4 Å². The molecule has 0 radical (unpaired) electrons. The number of nitrogens with zero attached hydrogens (tertiary/aromatic N) is 2. The van der Waals surface area contributed by atoms with Crippen molar-refractivity contribution in [3.8, 4) is 0 Å². The molecule has 5 heteroatoms. The molecule has 4 rings (SSSR count). The second-order valence-electron chi connectivity index (χ2n) is 6.93. The maximum atomic E-state index is 6.40. The molecule has 120 valence electrons. The molecule has 2 aromatic rings. The van der Waals surface area contributed by atoms with Gasteiger partial charge < -0.3 is 10.6 Å². The van der Waals surface area contributed by atoms with Crippen molar-refractivity contribution in [3.05, 3.63) is 58.3 Å². The molecular weight excluding hydrogens is 329 g/mol. The number of aromatic nitrogens is 1. The van der Waals surface area contributed by atoms with Crippen molar-refractivity contribution >= 4 is 28.9 Å². The van der Waals surface area contributed by atoms with Gasteiger partial charge in [-0.05, 0) is 48.6 Å². The highest BCUT2D eigenvalue weighted by molar-refractivity contribution is 6.42. The highest BCUT2D eigenvalue weighted by atomic mass is 35.5. The Kier molecular flexibility index (Phi) is 3.75. The predicted molar refractivity (Wildman–Crippen MR) is 95.0 cm³/mol. The normalized spacial score (nSPS) is 20.9. The van der Waals surface area contributed by atoms with E-state index in [9.17, 15) is 0 Å². The number of hydrogen-bond acceptors (Lipinski definition) is 3. The molecule has 1 saturated heterocycles. The SMILES string of the molecule is N[C@@H](c1cccnc1)C1CC2(C1)CN(c1ccc(Cl)c(Cl)c1)C2. The van der Waals surface area contributed by atoms with Gasteiger partial charge in [0.2, 0.25) is 0 Å². The lowest BCUT2D eigenvalue weighted by Crippen LogP contribution is -2.63. The van der Waals surface area contributed by atoms with E-state index in [1.54, 1.807) is 6.20 Å². The van der Waals surface area contributed by atoms with Gasteiger partial charge in [-0.25, -0.2) is 0 Å². The van der Waals surface area contributed by atoms with Gasteiger partial charge in [0.15, 0.2) is 0 Å². The number of hydrogen-bond donors (Lipinski definition) is 1. The van der Waals surface area contributed by atoms with Crippen molar-refractivity contribution in [2.75, 3.05) is 18.0 Å². The molecule has 1 aromatic carbocycles. The van der Waals surface area contributed by atoms with Crippen molar-refractivity contribution in [1.29, 1.82) is 0 Å². The highest BCUT2D eigenvalue weighted by Crippen LogP contribution is 2.56. The van der Waals surface area contributed by atoms with Gasteiger partial charge in [0.05, 0.1) is 10.0 Å². The summed E-state index contributed by atoms with van der Waals surface area (Å²) >= 11 is 12.1. The summed E-state index contributed by atoms with van der Waals surface area (Å²) in [6, 6.07) is 10.00. The van der Waals surface area contributed by atoms with Crippen LogP contribution in [0.4, 0.5) is 5.69 Å². The summed E-state index contributed by atoms with van der Waals surface area (Å²) in [6.07, 6.45) is 6.07. The van der Waals surface area contributed by atoms with Crippen LogP contribution in [0.3, 0.4) is 0 Å². The highest BCUT2D eigenvalue weighted by Gasteiger charge is 2.53. The molecule has 1 aliphatic carbocycles. The zero-order valence-corrected chi connectivity index (χ0v) is 14.3. The first-order chi connectivity index (χ1) is 11.1. The number of anilines is 1. The van der Waals surface area contributed by atoms with Crippen LogP contribution in [0.2, 0.25) is 10.0 Å². The minimum atomic E-state index is 0.105. The van der Waals surface area contributed by atoms with Crippen molar-refractivity contribution in [2.45, 2.75) is 18.9 Å². The van der Waals surface area contributed by atoms with E-state index in [1.807, 2.05) is 30.5 Å². The molecule has 0 bridgehead atoms. The first-order valence-corrected chi connectivity index (χ1v) is 8.67. The Morgan fingerprint density at radius 1 is 1.17 bits per heavy atom. The van der Waals surface area contributed by atoms with Crippen LogP contribution in [0, 0.1) is 11.3 Å². The van der Waals surface area contributed by atoms with E-state index in [4.69, 9.17) is 28.9 Å². The van der Waals surface area contributed by atoms with Gasteiger partial charge in [0, 0.05) is 42.6 Å². The van der Waals surface area contributed by atoms with E-state index in [-0.39, 0.29) is 6.04 Å². The summed E-state index contributed by atoms with van der Waals surface area (Å²) < 4.78 is 0. The minimum Gasteiger partial charge on any atom is -0.370 e. The first-order valence-electron chi connectivity index (χ1n) is 7.92. The third-order valence-electron chi connectivity index (χ3n) is 5.29. The number of rotatable bonds is 3. The minimum absolute atomic E-state index is 0.105. The van der Waals surface area contributed by atoms with Gasteiger partial charge in [-0.15, -0.1) is 0 Å². The monoisotopic (exact) mass is 347 g/mol. The first kappa shape index (κ1) is 15.3. The molecule has 0 amide bonds. The zero-order valence-electron chi connectivity index (χ0n) is 12.8. The molecular formula is C18H19Cl2N3. The number of nitrogens with two attached hydrogens (primary N) is 1. The second-order valence-corrected chi connectivity index (χ2v) is 7.75. The Bertz CT molecular complexity index is 705. The quantitative estimate of drug-likeness (QED) is 0.899. The van der Waals surface area contributed by atoms with Crippen molar-refractivity contribution in [1.82, 2.24) is 4.98 Å². The van der Waals surface area contributed by atoms with Gasteiger partial charge >= 0.3 is 0 Å². The van der Waals surface area contributed by atoms with E-state index < -0.39 is 0 Å². The summed E-state index contributed by atoms with van der Waals surface area (Å²) in [5.41, 5.74) is 9.14. The number of pyridine rings is 1. The molecule has 1 aromatic heterocycles. The fraction of sp³-hybridized carbons (Fsp3) is 0.389. The summed E-state index contributed by atoms with van der Waals surface area (Å²) in [6.45, 7) is 2.17. The van der Waals surface area contributed by atoms with E-state index >= 15 is 0 Å². The molecule has 2 N–H and O–H groups in total. The fourth-order valence-electron chi connectivity index (χ4n) is 4.04. The van der Waals surface area contributed by atoms with E-state index in [0.717, 1.165) is 24.3 Å². The van der Waals surface area contributed by atoms with Crippen molar-refractivity contribution in [2.24, 2.45) is 17.1 Å². The summed E-state index contributed by atoms with van der Waals surface area (Å²) in [5, 5.41) is 1.23. The Morgan fingerprint density at radius 3 is 2.61 bits per heavy atom. The van der Waals surface area contributed by atoms with Crippen LogP contribution in [-0.4, -0.2) is 18.1 Å². The Labute approximate surface area is 146 Å². The summed E-state index contributed by atoms with van der Waals surface area (Å²) in [4.78, 5) is 6.54. The van der Waals surface area contributed by atoms with Gasteiger partial charge in [-0.1, -0.05) is 29.3 Å². The second kappa shape index (κ2) is 5.66. The average molecular weight is 348 g/mol. The molecule has 1 spiro atoms.